The lowest BCUT2D eigenvalue weighted by molar-refractivity contribution is -0.131. The van der Waals surface area contributed by atoms with E-state index in [4.69, 9.17) is 11.6 Å². The number of hydrogen-bond acceptors (Lipinski definition) is 3. The minimum absolute atomic E-state index is 0.0237. The second-order valence-electron chi connectivity index (χ2n) is 5.45. The van der Waals surface area contributed by atoms with Crippen molar-refractivity contribution in [2.45, 2.75) is 33.1 Å². The average Bonchev–Trinajstić information content (AvgIpc) is 2.45. The van der Waals surface area contributed by atoms with Gasteiger partial charge in [-0.2, -0.15) is 0 Å². The molecule has 0 heterocycles. The standard InChI is InChI=1S/C16H25ClN2O3S/c1-4-10-18(11-5-2)16(20)9-12-19(23(3,21)22)15-8-6-7-14(17)13-15/h6-8,13H,4-5,9-12H2,1-3H3. The summed E-state index contributed by atoms with van der Waals surface area (Å²) < 4.78 is 25.3. The number of carbonyl (C=O) groups is 1. The fourth-order valence-corrected chi connectivity index (χ4v) is 3.48. The molecule has 7 heteroatoms. The van der Waals surface area contributed by atoms with Crippen LogP contribution in [-0.2, 0) is 14.8 Å². The van der Waals surface area contributed by atoms with Crippen LogP contribution in [-0.4, -0.2) is 45.1 Å². The van der Waals surface area contributed by atoms with Crippen LogP contribution < -0.4 is 4.31 Å². The predicted molar refractivity (Wildman–Crippen MR) is 95.4 cm³/mol. The van der Waals surface area contributed by atoms with Crippen LogP contribution in [0.15, 0.2) is 24.3 Å². The highest BCUT2D eigenvalue weighted by atomic mass is 35.5. The predicted octanol–water partition coefficient (Wildman–Crippen LogP) is 3.14. The van der Waals surface area contributed by atoms with Crippen LogP contribution in [0.5, 0.6) is 0 Å². The van der Waals surface area contributed by atoms with E-state index in [0.29, 0.717) is 23.8 Å². The third-order valence-electron chi connectivity index (χ3n) is 3.37. The molecule has 0 aliphatic rings. The molecule has 0 aliphatic heterocycles. The maximum Gasteiger partial charge on any atom is 0.232 e. The molecular weight excluding hydrogens is 336 g/mol. The number of carbonyl (C=O) groups excluding carboxylic acids is 1. The van der Waals surface area contributed by atoms with Gasteiger partial charge in [0.25, 0.3) is 0 Å². The molecule has 0 atom stereocenters. The maximum absolute atomic E-state index is 12.3. The first-order valence-electron chi connectivity index (χ1n) is 7.80. The number of halogens is 1. The van der Waals surface area contributed by atoms with Gasteiger partial charge in [0.1, 0.15) is 0 Å². The molecule has 1 aromatic rings. The summed E-state index contributed by atoms with van der Waals surface area (Å²) in [7, 11) is -3.48. The number of nitrogens with zero attached hydrogens (tertiary/aromatic N) is 2. The molecule has 23 heavy (non-hydrogen) atoms. The van der Waals surface area contributed by atoms with Crippen LogP contribution in [0.25, 0.3) is 0 Å². The Kier molecular flexibility index (Phi) is 7.85. The van der Waals surface area contributed by atoms with E-state index in [2.05, 4.69) is 0 Å². The normalized spacial score (nSPS) is 11.3. The van der Waals surface area contributed by atoms with Crippen LogP contribution in [0.4, 0.5) is 5.69 Å². The zero-order valence-corrected chi connectivity index (χ0v) is 15.5. The molecule has 5 nitrogen and oxygen atoms in total. The first-order valence-corrected chi connectivity index (χ1v) is 10.0. The smallest absolute Gasteiger partial charge is 0.232 e. The lowest BCUT2D eigenvalue weighted by atomic mass is 10.2. The van der Waals surface area contributed by atoms with E-state index in [1.807, 2.05) is 13.8 Å². The van der Waals surface area contributed by atoms with Crippen LogP contribution >= 0.6 is 11.6 Å². The van der Waals surface area contributed by atoms with Gasteiger partial charge in [-0.25, -0.2) is 8.42 Å². The van der Waals surface area contributed by atoms with Crippen molar-refractivity contribution in [2.24, 2.45) is 0 Å². The van der Waals surface area contributed by atoms with Gasteiger partial charge >= 0.3 is 0 Å². The summed E-state index contributed by atoms with van der Waals surface area (Å²) in [5, 5.41) is 0.459. The Hall–Kier alpha value is -1.27. The van der Waals surface area contributed by atoms with Gasteiger partial charge < -0.3 is 4.90 Å². The summed E-state index contributed by atoms with van der Waals surface area (Å²) in [5.74, 6) is -0.0237. The number of hydrogen-bond donors (Lipinski definition) is 0. The van der Waals surface area contributed by atoms with E-state index in [1.54, 1.807) is 29.2 Å². The van der Waals surface area contributed by atoms with Crippen LogP contribution in [0.3, 0.4) is 0 Å². The van der Waals surface area contributed by atoms with Crippen molar-refractivity contribution in [3.05, 3.63) is 29.3 Å². The van der Waals surface area contributed by atoms with Gasteiger partial charge in [-0.1, -0.05) is 31.5 Å². The quantitative estimate of drug-likeness (QED) is 0.679. The van der Waals surface area contributed by atoms with Gasteiger partial charge in [-0.15, -0.1) is 0 Å². The Morgan fingerprint density at radius 2 is 1.74 bits per heavy atom. The molecule has 130 valence electrons. The lowest BCUT2D eigenvalue weighted by Gasteiger charge is -2.25. The van der Waals surface area contributed by atoms with Gasteiger partial charge in [0.15, 0.2) is 0 Å². The first kappa shape index (κ1) is 19.8. The second-order valence-corrected chi connectivity index (χ2v) is 7.79. The summed E-state index contributed by atoms with van der Waals surface area (Å²) in [6, 6.07) is 6.63. The van der Waals surface area contributed by atoms with E-state index >= 15 is 0 Å². The summed E-state index contributed by atoms with van der Waals surface area (Å²) in [5.41, 5.74) is 0.477. The third-order valence-corrected chi connectivity index (χ3v) is 4.79. The number of amides is 1. The molecule has 1 rings (SSSR count). The molecule has 0 N–H and O–H groups in total. The SMILES string of the molecule is CCCN(CCC)C(=O)CCN(c1cccc(Cl)c1)S(C)(=O)=O. The molecule has 0 aromatic heterocycles. The van der Waals surface area contributed by atoms with E-state index in [0.717, 1.165) is 19.1 Å². The van der Waals surface area contributed by atoms with E-state index in [-0.39, 0.29) is 18.9 Å². The topological polar surface area (TPSA) is 57.7 Å². The van der Waals surface area contributed by atoms with E-state index in [1.165, 1.54) is 4.31 Å². The summed E-state index contributed by atoms with van der Waals surface area (Å²) >= 11 is 5.94. The largest absolute Gasteiger partial charge is 0.343 e. The van der Waals surface area contributed by atoms with Crippen molar-refractivity contribution in [3.63, 3.8) is 0 Å². The highest BCUT2D eigenvalue weighted by Gasteiger charge is 2.20. The van der Waals surface area contributed by atoms with Crippen molar-refractivity contribution in [3.8, 4) is 0 Å². The third kappa shape index (κ3) is 6.39. The molecule has 0 bridgehead atoms. The van der Waals surface area contributed by atoms with Crippen LogP contribution in [0.1, 0.15) is 33.1 Å². The van der Waals surface area contributed by atoms with Crippen molar-refractivity contribution < 1.29 is 13.2 Å². The molecule has 0 radical (unpaired) electrons. The van der Waals surface area contributed by atoms with E-state index < -0.39 is 10.0 Å². The highest BCUT2D eigenvalue weighted by Crippen LogP contribution is 2.22. The summed E-state index contributed by atoms with van der Waals surface area (Å²) in [6.07, 6.45) is 3.06. The Morgan fingerprint density at radius 1 is 1.13 bits per heavy atom. The first-order chi connectivity index (χ1) is 10.8. The lowest BCUT2D eigenvalue weighted by Crippen LogP contribution is -2.37. The minimum Gasteiger partial charge on any atom is -0.343 e. The summed E-state index contributed by atoms with van der Waals surface area (Å²) in [6.45, 7) is 5.54. The van der Waals surface area contributed by atoms with Crippen molar-refractivity contribution in [1.29, 1.82) is 0 Å². The monoisotopic (exact) mass is 360 g/mol. The molecule has 0 aliphatic carbocycles. The zero-order chi connectivity index (χ0) is 17.5. The number of anilines is 1. The second kappa shape index (κ2) is 9.13. The average molecular weight is 361 g/mol. The molecule has 0 saturated heterocycles. The van der Waals surface area contributed by atoms with Gasteiger partial charge in [0.2, 0.25) is 15.9 Å². The molecular formula is C16H25ClN2O3S. The van der Waals surface area contributed by atoms with Crippen molar-refractivity contribution in [2.75, 3.05) is 30.2 Å². The molecule has 1 amide bonds. The highest BCUT2D eigenvalue weighted by molar-refractivity contribution is 7.92. The Balaban J connectivity index is 2.85. The molecule has 0 unspecified atom stereocenters. The summed E-state index contributed by atoms with van der Waals surface area (Å²) in [4.78, 5) is 14.1. The molecule has 1 aromatic carbocycles. The van der Waals surface area contributed by atoms with Gasteiger partial charge in [-0.3, -0.25) is 9.10 Å². The van der Waals surface area contributed by atoms with Crippen molar-refractivity contribution >= 4 is 33.2 Å². The van der Waals surface area contributed by atoms with Gasteiger partial charge in [-0.05, 0) is 31.0 Å². The molecule has 0 saturated carbocycles. The molecule has 0 fully saturated rings. The fraction of sp³-hybridized carbons (Fsp3) is 0.562. The number of sulfonamides is 1. The zero-order valence-electron chi connectivity index (χ0n) is 14.0. The van der Waals surface area contributed by atoms with E-state index in [9.17, 15) is 13.2 Å². The fourth-order valence-electron chi connectivity index (χ4n) is 2.37. The van der Waals surface area contributed by atoms with Gasteiger partial charge in [0.05, 0.1) is 11.9 Å². The number of rotatable bonds is 9. The molecule has 0 spiro atoms. The maximum atomic E-state index is 12.3. The van der Waals surface area contributed by atoms with Crippen LogP contribution in [0, 0.1) is 0 Å². The minimum atomic E-state index is -3.48. The Labute approximate surface area is 144 Å². The van der Waals surface area contributed by atoms with Crippen molar-refractivity contribution in [1.82, 2.24) is 4.90 Å². The Morgan fingerprint density at radius 3 is 2.22 bits per heavy atom. The van der Waals surface area contributed by atoms with Gasteiger partial charge in [0, 0.05) is 31.1 Å². The Bertz CT molecular complexity index is 614. The van der Waals surface area contributed by atoms with Crippen LogP contribution in [0.2, 0.25) is 5.02 Å². The number of benzene rings is 1.